The van der Waals surface area contributed by atoms with Crippen LogP contribution in [0.25, 0.3) is 0 Å². The molecule has 0 atom stereocenters. The van der Waals surface area contributed by atoms with Gasteiger partial charge in [0.2, 0.25) is 0 Å². The molecule has 4 nitrogen and oxygen atoms in total. The van der Waals surface area contributed by atoms with E-state index in [1.165, 1.54) is 19.4 Å². The number of aromatic nitrogens is 1. The van der Waals surface area contributed by atoms with E-state index >= 15 is 0 Å². The van der Waals surface area contributed by atoms with E-state index in [1.807, 2.05) is 6.20 Å². The fraction of sp³-hybridized carbons (Fsp3) is 0.615. The minimum atomic E-state index is 0.764. The van der Waals surface area contributed by atoms with Gasteiger partial charge in [-0.2, -0.15) is 0 Å². The predicted octanol–water partition coefficient (Wildman–Crippen LogP) is 1.96. The topological polar surface area (TPSA) is 45.4 Å². The van der Waals surface area contributed by atoms with Crippen LogP contribution in [0.2, 0.25) is 0 Å². The van der Waals surface area contributed by atoms with E-state index in [0.29, 0.717) is 0 Å². The van der Waals surface area contributed by atoms with Crippen molar-refractivity contribution in [2.75, 3.05) is 43.4 Å². The average Bonchev–Trinajstić information content (AvgIpc) is 3.15. The van der Waals surface area contributed by atoms with E-state index in [-0.39, 0.29) is 0 Å². The van der Waals surface area contributed by atoms with E-state index in [0.717, 1.165) is 47.9 Å². The fourth-order valence-corrected chi connectivity index (χ4v) is 3.19. The number of pyridine rings is 1. The van der Waals surface area contributed by atoms with Gasteiger partial charge in [0.05, 0.1) is 22.0 Å². The number of nitrogens with two attached hydrogens (primary N) is 1. The molecule has 0 aromatic carbocycles. The van der Waals surface area contributed by atoms with E-state index in [1.54, 1.807) is 6.20 Å². The summed E-state index contributed by atoms with van der Waals surface area (Å²) in [5, 5.41) is 0. The zero-order valence-corrected chi connectivity index (χ0v) is 12.1. The summed E-state index contributed by atoms with van der Waals surface area (Å²) < 4.78 is 0.998. The van der Waals surface area contributed by atoms with Crippen molar-refractivity contribution in [3.63, 3.8) is 0 Å². The highest BCUT2D eigenvalue weighted by molar-refractivity contribution is 9.10. The van der Waals surface area contributed by atoms with Crippen molar-refractivity contribution in [1.29, 1.82) is 0 Å². The second kappa shape index (κ2) is 5.05. The van der Waals surface area contributed by atoms with Gasteiger partial charge in [0.15, 0.2) is 0 Å². The lowest BCUT2D eigenvalue weighted by Crippen LogP contribution is -2.47. The quantitative estimate of drug-likeness (QED) is 0.927. The molecule has 5 heteroatoms. The predicted molar refractivity (Wildman–Crippen MR) is 77.7 cm³/mol. The van der Waals surface area contributed by atoms with Crippen LogP contribution in [-0.4, -0.2) is 42.6 Å². The first kappa shape index (κ1) is 12.2. The molecule has 1 aromatic heterocycles. The second-order valence-electron chi connectivity index (χ2n) is 5.29. The molecule has 1 aromatic rings. The lowest BCUT2D eigenvalue weighted by molar-refractivity contribution is 0.248. The molecule has 1 aliphatic carbocycles. The number of hydrogen-bond acceptors (Lipinski definition) is 4. The standard InChI is InChI=1S/C13H19BrN4/c14-11-7-16-8-12(15)13(11)18-5-3-17(4-6-18)9-10-1-2-10/h7-8,10H,1-6,9,15H2. The third-order valence-corrected chi connectivity index (χ3v) is 4.38. The van der Waals surface area contributed by atoms with Gasteiger partial charge in [0.1, 0.15) is 0 Å². The molecule has 98 valence electrons. The van der Waals surface area contributed by atoms with Crippen LogP contribution in [0, 0.1) is 5.92 Å². The van der Waals surface area contributed by atoms with Crippen molar-refractivity contribution in [3.05, 3.63) is 16.9 Å². The van der Waals surface area contributed by atoms with E-state index in [2.05, 4.69) is 30.7 Å². The van der Waals surface area contributed by atoms with E-state index < -0.39 is 0 Å². The Balaban J connectivity index is 1.64. The van der Waals surface area contributed by atoms with Gasteiger partial charge in [0.25, 0.3) is 0 Å². The van der Waals surface area contributed by atoms with Crippen LogP contribution in [0.5, 0.6) is 0 Å². The monoisotopic (exact) mass is 310 g/mol. The number of halogens is 1. The van der Waals surface area contributed by atoms with Crippen LogP contribution < -0.4 is 10.6 Å². The molecule has 3 rings (SSSR count). The highest BCUT2D eigenvalue weighted by Crippen LogP contribution is 2.33. The molecule has 0 unspecified atom stereocenters. The summed E-state index contributed by atoms with van der Waals surface area (Å²) in [6.45, 7) is 5.69. The number of rotatable bonds is 3. The van der Waals surface area contributed by atoms with Crippen molar-refractivity contribution in [1.82, 2.24) is 9.88 Å². The molecule has 0 amide bonds. The molecule has 1 saturated heterocycles. The summed E-state index contributed by atoms with van der Waals surface area (Å²) in [6, 6.07) is 0. The largest absolute Gasteiger partial charge is 0.396 e. The molecule has 1 aliphatic heterocycles. The van der Waals surface area contributed by atoms with Crippen LogP contribution >= 0.6 is 15.9 Å². The summed E-state index contributed by atoms with van der Waals surface area (Å²) in [4.78, 5) is 9.04. The van der Waals surface area contributed by atoms with Crippen LogP contribution in [0.15, 0.2) is 16.9 Å². The van der Waals surface area contributed by atoms with Gasteiger partial charge >= 0.3 is 0 Å². The van der Waals surface area contributed by atoms with Gasteiger partial charge in [-0.3, -0.25) is 9.88 Å². The first-order valence-corrected chi connectivity index (χ1v) is 7.39. The lowest BCUT2D eigenvalue weighted by atomic mass is 10.2. The van der Waals surface area contributed by atoms with Gasteiger partial charge in [0, 0.05) is 38.9 Å². The smallest absolute Gasteiger partial charge is 0.0776 e. The number of nitrogens with zero attached hydrogens (tertiary/aromatic N) is 3. The van der Waals surface area contributed by atoms with Crippen molar-refractivity contribution in [3.8, 4) is 0 Å². The molecule has 0 radical (unpaired) electrons. The average molecular weight is 311 g/mol. The van der Waals surface area contributed by atoms with Gasteiger partial charge in [-0.1, -0.05) is 0 Å². The van der Waals surface area contributed by atoms with Crippen LogP contribution in [-0.2, 0) is 0 Å². The molecular weight excluding hydrogens is 292 g/mol. The minimum Gasteiger partial charge on any atom is -0.396 e. The Morgan fingerprint density at radius 3 is 2.56 bits per heavy atom. The van der Waals surface area contributed by atoms with Crippen LogP contribution in [0.1, 0.15) is 12.8 Å². The Morgan fingerprint density at radius 1 is 1.22 bits per heavy atom. The van der Waals surface area contributed by atoms with Gasteiger partial charge in [-0.15, -0.1) is 0 Å². The molecule has 0 spiro atoms. The van der Waals surface area contributed by atoms with Crippen molar-refractivity contribution in [2.45, 2.75) is 12.8 Å². The van der Waals surface area contributed by atoms with Gasteiger partial charge in [-0.25, -0.2) is 0 Å². The minimum absolute atomic E-state index is 0.764. The van der Waals surface area contributed by atoms with Crippen LogP contribution in [0.4, 0.5) is 11.4 Å². The summed E-state index contributed by atoms with van der Waals surface area (Å²) >= 11 is 3.55. The van der Waals surface area contributed by atoms with E-state index in [4.69, 9.17) is 5.73 Å². The van der Waals surface area contributed by atoms with Crippen molar-refractivity contribution >= 4 is 27.3 Å². The lowest BCUT2D eigenvalue weighted by Gasteiger charge is -2.37. The maximum Gasteiger partial charge on any atom is 0.0776 e. The molecule has 18 heavy (non-hydrogen) atoms. The first-order chi connectivity index (χ1) is 8.74. The maximum atomic E-state index is 6.03. The number of piperazine rings is 1. The summed E-state index contributed by atoms with van der Waals surface area (Å²) in [6.07, 6.45) is 6.42. The first-order valence-electron chi connectivity index (χ1n) is 6.60. The number of hydrogen-bond donors (Lipinski definition) is 1. The highest BCUT2D eigenvalue weighted by Gasteiger charge is 2.27. The summed E-state index contributed by atoms with van der Waals surface area (Å²) in [7, 11) is 0. The Hall–Kier alpha value is -0.810. The molecule has 2 N–H and O–H groups in total. The third-order valence-electron chi connectivity index (χ3n) is 3.80. The molecule has 2 aliphatic rings. The second-order valence-corrected chi connectivity index (χ2v) is 6.14. The van der Waals surface area contributed by atoms with Crippen molar-refractivity contribution < 1.29 is 0 Å². The maximum absolute atomic E-state index is 6.03. The zero-order chi connectivity index (χ0) is 12.5. The van der Waals surface area contributed by atoms with Gasteiger partial charge < -0.3 is 10.6 Å². The SMILES string of the molecule is Nc1cncc(Br)c1N1CCN(CC2CC2)CC1. The Kier molecular flexibility index (Phi) is 3.43. The normalized spacial score (nSPS) is 21.3. The van der Waals surface area contributed by atoms with Crippen molar-refractivity contribution in [2.24, 2.45) is 5.92 Å². The zero-order valence-electron chi connectivity index (χ0n) is 10.5. The molecule has 2 heterocycles. The molecule has 0 bridgehead atoms. The molecule has 1 saturated carbocycles. The fourth-order valence-electron chi connectivity index (χ4n) is 2.60. The summed E-state index contributed by atoms with van der Waals surface area (Å²) in [5.41, 5.74) is 7.90. The van der Waals surface area contributed by atoms with E-state index in [9.17, 15) is 0 Å². The molecular formula is C13H19BrN4. The highest BCUT2D eigenvalue weighted by atomic mass is 79.9. The van der Waals surface area contributed by atoms with Gasteiger partial charge in [-0.05, 0) is 34.7 Å². The van der Waals surface area contributed by atoms with Crippen LogP contribution in [0.3, 0.4) is 0 Å². The Morgan fingerprint density at radius 2 is 1.94 bits per heavy atom. The Labute approximate surface area is 116 Å². The number of nitrogen functional groups attached to an aromatic ring is 1. The summed E-state index contributed by atoms with van der Waals surface area (Å²) in [5.74, 6) is 0.981. The Bertz CT molecular complexity index is 405. The third kappa shape index (κ3) is 2.62. The molecule has 2 fully saturated rings. The number of anilines is 2.